The van der Waals surface area contributed by atoms with Gasteiger partial charge >= 0.3 is 0 Å². The molecule has 0 saturated carbocycles. The molecule has 19 nitrogen and oxygen atoms in total. The first kappa shape index (κ1) is 64.8. The minimum atomic E-state index is -1.97. The number of hydrogen-bond acceptors (Lipinski definition) is 18. The number of rotatable bonds is 40. The molecule has 72 heavy (non-hydrogen) atoms. The van der Waals surface area contributed by atoms with Crippen LogP contribution in [0.1, 0.15) is 187 Å². The van der Waals surface area contributed by atoms with E-state index in [4.69, 9.17) is 28.4 Å². The molecular weight excluding hydrogens is 939 g/mol. The second-order valence-electron chi connectivity index (χ2n) is 20.4. The summed E-state index contributed by atoms with van der Waals surface area (Å²) in [5, 5.41) is 119. The fourth-order valence-corrected chi connectivity index (χ4v) is 9.66. The number of allylic oxidation sites excluding steroid dienone is 1. The second kappa shape index (κ2) is 38.1. The quantitative estimate of drug-likeness (QED) is 0.0309. The number of hydrogen-bond donors (Lipinski definition) is 12. The average molecular weight is 1040 g/mol. The molecule has 0 aromatic rings. The van der Waals surface area contributed by atoms with Crippen molar-refractivity contribution in [1.82, 2.24) is 5.32 Å². The molecule has 3 fully saturated rings. The monoisotopic (exact) mass is 1040 g/mol. The summed E-state index contributed by atoms with van der Waals surface area (Å²) >= 11 is 0. The van der Waals surface area contributed by atoms with Crippen LogP contribution in [0.2, 0.25) is 0 Å². The zero-order chi connectivity index (χ0) is 52.7. The van der Waals surface area contributed by atoms with Crippen molar-refractivity contribution >= 4 is 5.91 Å². The van der Waals surface area contributed by atoms with Crippen molar-refractivity contribution in [3.05, 3.63) is 12.2 Å². The second-order valence-corrected chi connectivity index (χ2v) is 20.4. The van der Waals surface area contributed by atoms with Gasteiger partial charge in [0.1, 0.15) is 73.2 Å². The van der Waals surface area contributed by atoms with Crippen LogP contribution in [0, 0.1) is 0 Å². The van der Waals surface area contributed by atoms with Gasteiger partial charge in [-0.15, -0.1) is 0 Å². The van der Waals surface area contributed by atoms with Gasteiger partial charge in [-0.25, -0.2) is 0 Å². The number of carbonyl (C=O) groups is 1. The molecule has 3 aliphatic rings. The fraction of sp³-hybridized carbons (Fsp3) is 0.943. The van der Waals surface area contributed by atoms with Crippen molar-refractivity contribution in [2.75, 3.05) is 26.4 Å². The number of unbranched alkanes of at least 4 members (excludes halogenated alkanes) is 24. The molecule has 12 N–H and O–H groups in total. The maximum atomic E-state index is 13.1. The average Bonchev–Trinajstić information content (AvgIpc) is 3.38. The van der Waals surface area contributed by atoms with E-state index in [-0.39, 0.29) is 18.9 Å². The lowest BCUT2D eigenvalue weighted by Crippen LogP contribution is -2.66. The lowest BCUT2D eigenvalue weighted by molar-refractivity contribution is -0.379. The highest BCUT2D eigenvalue weighted by Crippen LogP contribution is 2.33. The molecule has 17 atom stereocenters. The van der Waals surface area contributed by atoms with Crippen LogP contribution in [0.4, 0.5) is 0 Å². The first-order valence-corrected chi connectivity index (χ1v) is 27.9. The lowest BCUT2D eigenvalue weighted by atomic mass is 9.96. The van der Waals surface area contributed by atoms with E-state index in [1.165, 1.54) is 103 Å². The first-order valence-electron chi connectivity index (χ1n) is 27.9. The van der Waals surface area contributed by atoms with Crippen LogP contribution in [0.5, 0.6) is 0 Å². The Morgan fingerprint density at radius 3 is 1.31 bits per heavy atom. The number of amides is 1. The molecule has 3 heterocycles. The van der Waals surface area contributed by atoms with Crippen molar-refractivity contribution in [3.8, 4) is 0 Å². The Morgan fingerprint density at radius 1 is 0.486 bits per heavy atom. The Morgan fingerprint density at radius 2 is 0.861 bits per heavy atom. The van der Waals surface area contributed by atoms with Gasteiger partial charge in [0, 0.05) is 6.42 Å². The molecule has 0 bridgehead atoms. The van der Waals surface area contributed by atoms with E-state index >= 15 is 0 Å². The molecular formula is C53H99NO18. The minimum absolute atomic E-state index is 0.243. The first-order chi connectivity index (χ1) is 34.8. The Bertz CT molecular complexity index is 1380. The van der Waals surface area contributed by atoms with Gasteiger partial charge in [0.05, 0.1) is 38.6 Å². The molecule has 19 heteroatoms. The maximum Gasteiger partial charge on any atom is 0.220 e. The number of aliphatic hydroxyl groups excluding tert-OH is 11. The van der Waals surface area contributed by atoms with Crippen LogP contribution in [0.25, 0.3) is 0 Å². The zero-order valence-electron chi connectivity index (χ0n) is 43.7. The van der Waals surface area contributed by atoms with Gasteiger partial charge in [0.25, 0.3) is 0 Å². The highest BCUT2D eigenvalue weighted by molar-refractivity contribution is 5.76. The Labute approximate surface area is 429 Å². The number of ether oxygens (including phenoxy) is 6. The van der Waals surface area contributed by atoms with Crippen molar-refractivity contribution in [1.29, 1.82) is 0 Å². The van der Waals surface area contributed by atoms with Crippen LogP contribution in [0.15, 0.2) is 12.2 Å². The SMILES string of the molecule is CCCCCCCCCCCCCCCCCCCCC/C=C/C(O)C(COC1OC(CO)C(OC2OC(CO)C(OC3OC(CO)C(O)C(O)C3O)C(O)C2O)C(O)C1O)NC(=O)CCCCCCCC. The molecule has 0 aromatic heterocycles. The molecule has 17 unspecified atom stereocenters. The summed E-state index contributed by atoms with van der Waals surface area (Å²) < 4.78 is 34.1. The van der Waals surface area contributed by atoms with Gasteiger partial charge in [-0.3, -0.25) is 4.79 Å². The molecule has 424 valence electrons. The molecule has 1 amide bonds. The number of carbonyl (C=O) groups excluding carboxylic acids is 1. The molecule has 0 aromatic carbocycles. The van der Waals surface area contributed by atoms with E-state index in [2.05, 4.69) is 19.2 Å². The van der Waals surface area contributed by atoms with E-state index in [1.807, 2.05) is 6.08 Å². The smallest absolute Gasteiger partial charge is 0.220 e. The molecule has 3 saturated heterocycles. The predicted octanol–water partition coefficient (Wildman–Crippen LogP) is 3.43. The van der Waals surface area contributed by atoms with Crippen molar-refractivity contribution in [3.63, 3.8) is 0 Å². The highest BCUT2D eigenvalue weighted by atomic mass is 16.8. The van der Waals surface area contributed by atoms with Crippen LogP contribution in [-0.2, 0) is 33.2 Å². The highest BCUT2D eigenvalue weighted by Gasteiger charge is 2.53. The van der Waals surface area contributed by atoms with Gasteiger partial charge in [-0.2, -0.15) is 0 Å². The Kier molecular flexibility index (Phi) is 34.3. The van der Waals surface area contributed by atoms with Gasteiger partial charge in [0.15, 0.2) is 18.9 Å². The van der Waals surface area contributed by atoms with Crippen LogP contribution < -0.4 is 5.32 Å². The van der Waals surface area contributed by atoms with Gasteiger partial charge in [-0.05, 0) is 19.3 Å². The normalized spacial score (nSPS) is 32.0. The molecule has 3 aliphatic heterocycles. The third-order valence-electron chi connectivity index (χ3n) is 14.3. The topological polar surface area (TPSA) is 307 Å². The summed E-state index contributed by atoms with van der Waals surface area (Å²) in [4.78, 5) is 13.1. The van der Waals surface area contributed by atoms with Crippen molar-refractivity contribution in [2.24, 2.45) is 0 Å². The molecule has 0 radical (unpaired) electrons. The Hall–Kier alpha value is -1.47. The molecule has 3 rings (SSSR count). The minimum Gasteiger partial charge on any atom is -0.394 e. The van der Waals surface area contributed by atoms with Crippen LogP contribution in [-0.4, -0.2) is 193 Å². The summed E-state index contributed by atoms with van der Waals surface area (Å²) in [5.41, 5.74) is 0. The van der Waals surface area contributed by atoms with Crippen LogP contribution >= 0.6 is 0 Å². The van der Waals surface area contributed by atoms with E-state index in [0.717, 1.165) is 57.8 Å². The summed E-state index contributed by atoms with van der Waals surface area (Å²) in [7, 11) is 0. The fourth-order valence-electron chi connectivity index (χ4n) is 9.66. The van der Waals surface area contributed by atoms with E-state index in [0.29, 0.717) is 6.42 Å². The lowest BCUT2D eigenvalue weighted by Gasteiger charge is -2.48. The summed E-state index contributed by atoms with van der Waals surface area (Å²) in [6, 6.07) is -0.964. The third kappa shape index (κ3) is 23.0. The predicted molar refractivity (Wildman–Crippen MR) is 268 cm³/mol. The third-order valence-corrected chi connectivity index (χ3v) is 14.3. The van der Waals surface area contributed by atoms with Crippen LogP contribution in [0.3, 0.4) is 0 Å². The Balaban J connectivity index is 1.47. The van der Waals surface area contributed by atoms with Crippen molar-refractivity contribution in [2.45, 2.75) is 291 Å². The molecule has 0 aliphatic carbocycles. The largest absolute Gasteiger partial charge is 0.394 e. The number of aliphatic hydroxyl groups is 11. The van der Waals surface area contributed by atoms with E-state index in [1.54, 1.807) is 6.08 Å². The van der Waals surface area contributed by atoms with E-state index < -0.39 is 124 Å². The van der Waals surface area contributed by atoms with Gasteiger partial charge < -0.3 is 89.9 Å². The maximum absolute atomic E-state index is 13.1. The van der Waals surface area contributed by atoms with Gasteiger partial charge in [0.2, 0.25) is 5.91 Å². The van der Waals surface area contributed by atoms with E-state index in [9.17, 15) is 61.0 Å². The standard InChI is InChI=1S/C53H99NO18/c1-3-5-7-9-11-12-13-14-15-16-17-18-19-20-21-22-23-24-25-26-28-30-37(58)36(54-41(59)31-29-27-10-8-6-4-2)35-67-51-47(65)44(62)49(39(33-56)69-51)72-53-48(66)45(63)50(40(34-57)70-53)71-52-46(64)43(61)42(60)38(32-55)68-52/h28,30,36-40,42-53,55-58,60-66H,3-27,29,31-35H2,1-2H3,(H,54,59)/b30-28+. The zero-order valence-corrected chi connectivity index (χ0v) is 43.7. The summed E-state index contributed by atoms with van der Waals surface area (Å²) in [5.74, 6) is -0.285. The molecule has 0 spiro atoms. The summed E-state index contributed by atoms with van der Waals surface area (Å²) in [6.45, 7) is 1.64. The van der Waals surface area contributed by atoms with Crippen molar-refractivity contribution < 1.29 is 89.4 Å². The summed E-state index contributed by atoms with van der Waals surface area (Å²) in [6.07, 6.45) is 8.29. The number of nitrogens with one attached hydrogen (secondary N) is 1. The van der Waals surface area contributed by atoms with Gasteiger partial charge in [-0.1, -0.05) is 174 Å².